The molecule has 0 aromatic carbocycles. The molecule has 8 spiro atoms. The lowest BCUT2D eigenvalue weighted by Gasteiger charge is -3.42. The molecule has 14 fully saturated rings. The summed E-state index contributed by atoms with van der Waals surface area (Å²) in [6, 6.07) is 0. The van der Waals surface area contributed by atoms with Crippen LogP contribution in [-0.2, 0) is 0 Å². The van der Waals surface area contributed by atoms with Gasteiger partial charge in [-0.15, -0.1) is 0 Å². The van der Waals surface area contributed by atoms with E-state index in [9.17, 15) is 0 Å². The summed E-state index contributed by atoms with van der Waals surface area (Å²) < 4.78 is 0. The highest BCUT2D eigenvalue weighted by atomic mass is 15.4. The fraction of sp³-hybridized carbons (Fsp3) is 1.00. The molecular weight excluding hydrogens is 312 g/mol. The Hall–Kier alpha value is 0. The Bertz CT molecular complexity index is 1110. The monoisotopic (exact) mass is 338 g/mol. The highest BCUT2D eigenvalue weighted by Crippen LogP contribution is 3.43. The topological polar surface area (TPSA) is 0 Å². The summed E-state index contributed by atoms with van der Waals surface area (Å²) in [6.07, 6.45) is 10.2. The van der Waals surface area contributed by atoms with Gasteiger partial charge < -0.3 is 0 Å². The Labute approximate surface area is 154 Å². The number of rotatable bonds is 2. The summed E-state index contributed by atoms with van der Waals surface area (Å²) in [4.78, 5) is 0. The van der Waals surface area contributed by atoms with E-state index in [2.05, 4.69) is 6.92 Å². The molecule has 26 heavy (non-hydrogen) atoms. The van der Waals surface area contributed by atoms with Crippen molar-refractivity contribution in [2.45, 2.75) is 45.4 Å². The van der Waals surface area contributed by atoms with Crippen molar-refractivity contribution in [1.29, 1.82) is 0 Å². The summed E-state index contributed by atoms with van der Waals surface area (Å²) in [5.41, 5.74) is 8.55. The summed E-state index contributed by atoms with van der Waals surface area (Å²) >= 11 is 0. The van der Waals surface area contributed by atoms with Crippen LogP contribution in [0.4, 0.5) is 0 Å². The predicted octanol–water partition coefficient (Wildman–Crippen LogP) is 4.21. The molecule has 14 saturated carbocycles. The third kappa shape index (κ3) is 0.305. The fourth-order valence-electron chi connectivity index (χ4n) is 21.8. The molecule has 19 atom stereocenters. The molecule has 0 radical (unpaired) electrons. The SMILES string of the molecule is CCCC1C2CC3C4C5C6CC7C8CC9C%10C%11CC1%12C23C41C%11%12C%102C89C76C512. The Morgan fingerprint density at radius 2 is 1.23 bits per heavy atom. The molecule has 14 rings (SSSR count). The van der Waals surface area contributed by atoms with Crippen LogP contribution in [0.3, 0.4) is 0 Å². The molecule has 14 aliphatic carbocycles. The van der Waals surface area contributed by atoms with E-state index in [1.54, 1.807) is 32.1 Å². The van der Waals surface area contributed by atoms with E-state index >= 15 is 0 Å². The minimum Gasteiger partial charge on any atom is -0.0654 e. The lowest BCUT2D eigenvalue weighted by atomic mass is 8.61. The Balaban J connectivity index is 1.17. The highest BCUT2D eigenvalue weighted by molar-refractivity contribution is 5.86. The maximum Gasteiger partial charge on any atom is -0.00538 e. The van der Waals surface area contributed by atoms with Gasteiger partial charge >= 0.3 is 0 Å². The number of hydrogen-bond acceptors (Lipinski definition) is 0. The van der Waals surface area contributed by atoms with E-state index in [0.29, 0.717) is 0 Å². The zero-order valence-corrected chi connectivity index (χ0v) is 15.6. The van der Waals surface area contributed by atoms with Gasteiger partial charge in [0.15, 0.2) is 0 Å². The number of fused-ring (bicyclic) bond motifs is 6. The van der Waals surface area contributed by atoms with Crippen LogP contribution >= 0.6 is 0 Å². The van der Waals surface area contributed by atoms with Gasteiger partial charge in [-0.05, 0) is 141 Å². The van der Waals surface area contributed by atoms with Crippen LogP contribution < -0.4 is 0 Å². The summed E-state index contributed by atoms with van der Waals surface area (Å²) in [6.45, 7) is 2.51. The zero-order chi connectivity index (χ0) is 15.6. The van der Waals surface area contributed by atoms with Gasteiger partial charge in [0.2, 0.25) is 0 Å². The number of hydrogen-bond donors (Lipinski definition) is 0. The molecule has 14 aliphatic rings. The molecule has 0 amide bonds. The zero-order valence-electron chi connectivity index (χ0n) is 15.6. The predicted molar refractivity (Wildman–Crippen MR) is 91.2 cm³/mol. The molecule has 0 N–H and O–H groups in total. The highest BCUT2D eigenvalue weighted by Gasteiger charge is 3.41. The second-order valence-electron chi connectivity index (χ2n) is 14.9. The normalized spacial score (nSPS) is 110. The third-order valence-corrected chi connectivity index (χ3v) is 18.5. The molecule has 0 nitrogen and oxygen atoms in total. The fourth-order valence-corrected chi connectivity index (χ4v) is 21.8. The van der Waals surface area contributed by atoms with E-state index in [1.807, 2.05) is 0 Å². The standard InChI is InChI=1S/C26H26/c1-2-3-8-9-4-13-17-18-14-6-11-10-5-12-16-15-7-19(8)20(9,13)25(17)23(15,19)24(16)21(10,12)22(11,14)26(18,24)25/h8-18H,2-7H2,1H3. The van der Waals surface area contributed by atoms with Crippen LogP contribution in [-0.4, -0.2) is 0 Å². The minimum absolute atomic E-state index is 1.01. The smallest absolute Gasteiger partial charge is 0.00538 e. The van der Waals surface area contributed by atoms with E-state index in [4.69, 9.17) is 0 Å². The van der Waals surface area contributed by atoms with Gasteiger partial charge in [-0.1, -0.05) is 13.3 Å². The van der Waals surface area contributed by atoms with Gasteiger partial charge in [0, 0.05) is 0 Å². The first-order valence-corrected chi connectivity index (χ1v) is 12.8. The molecule has 0 aliphatic heterocycles. The van der Waals surface area contributed by atoms with Crippen LogP contribution in [0, 0.1) is 108 Å². The Kier molecular flexibility index (Phi) is 0.782. The van der Waals surface area contributed by atoms with Crippen molar-refractivity contribution in [3.8, 4) is 0 Å². The maximum absolute atomic E-state index is 2.51. The van der Waals surface area contributed by atoms with E-state index < -0.39 is 0 Å². The van der Waals surface area contributed by atoms with Crippen LogP contribution in [0.5, 0.6) is 0 Å². The van der Waals surface area contributed by atoms with Gasteiger partial charge in [0.05, 0.1) is 0 Å². The average molecular weight is 338 g/mol. The second-order valence-corrected chi connectivity index (χ2v) is 14.9. The van der Waals surface area contributed by atoms with Crippen molar-refractivity contribution in [1.82, 2.24) is 0 Å². The molecule has 0 aromatic heterocycles. The van der Waals surface area contributed by atoms with Gasteiger partial charge in [-0.25, -0.2) is 0 Å². The first kappa shape index (κ1) is 10.7. The van der Waals surface area contributed by atoms with Crippen molar-refractivity contribution in [2.75, 3.05) is 0 Å². The second kappa shape index (κ2) is 1.90. The average Bonchev–Trinajstić information content (AvgIpc) is 2.52. The van der Waals surface area contributed by atoms with Crippen molar-refractivity contribution in [3.05, 3.63) is 0 Å². The van der Waals surface area contributed by atoms with Gasteiger partial charge in [0.1, 0.15) is 0 Å². The quantitative estimate of drug-likeness (QED) is 0.708. The molecule has 0 saturated heterocycles. The van der Waals surface area contributed by atoms with Crippen LogP contribution in [0.1, 0.15) is 45.4 Å². The molecule has 0 heterocycles. The lowest BCUT2D eigenvalue weighted by molar-refractivity contribution is -0.966. The molecule has 19 unspecified atom stereocenters. The van der Waals surface area contributed by atoms with Crippen LogP contribution in [0.2, 0.25) is 0 Å². The summed E-state index contributed by atoms with van der Waals surface area (Å²) in [5, 5.41) is 0. The minimum atomic E-state index is 1.01. The largest absolute Gasteiger partial charge is 0.0654 e. The molecule has 0 aromatic rings. The van der Waals surface area contributed by atoms with Gasteiger partial charge in [-0.2, -0.15) is 0 Å². The Morgan fingerprint density at radius 3 is 2.00 bits per heavy atom. The van der Waals surface area contributed by atoms with Crippen molar-refractivity contribution in [2.24, 2.45) is 108 Å². The summed E-state index contributed by atoms with van der Waals surface area (Å²) in [7, 11) is 0. The van der Waals surface area contributed by atoms with Crippen molar-refractivity contribution < 1.29 is 0 Å². The molecule has 0 heteroatoms. The van der Waals surface area contributed by atoms with Crippen LogP contribution in [0.15, 0.2) is 0 Å². The van der Waals surface area contributed by atoms with E-state index in [0.717, 1.165) is 43.3 Å². The van der Waals surface area contributed by atoms with Crippen LogP contribution in [0.25, 0.3) is 0 Å². The first-order chi connectivity index (χ1) is 12.8. The van der Waals surface area contributed by atoms with E-state index in [-0.39, 0.29) is 0 Å². The molecule has 0 bridgehead atoms. The third-order valence-electron chi connectivity index (χ3n) is 18.5. The summed E-state index contributed by atoms with van der Waals surface area (Å²) in [5.74, 6) is 14.4. The van der Waals surface area contributed by atoms with Gasteiger partial charge in [-0.3, -0.25) is 0 Å². The van der Waals surface area contributed by atoms with Crippen molar-refractivity contribution in [3.63, 3.8) is 0 Å². The molecular formula is C26H26. The van der Waals surface area contributed by atoms with Crippen molar-refractivity contribution >= 4 is 0 Å². The molecule has 130 valence electrons. The van der Waals surface area contributed by atoms with Gasteiger partial charge in [0.25, 0.3) is 0 Å². The van der Waals surface area contributed by atoms with E-state index in [1.165, 1.54) is 71.5 Å². The maximum atomic E-state index is 2.51. The first-order valence-electron chi connectivity index (χ1n) is 12.8. The lowest BCUT2D eigenvalue weighted by Crippen LogP contribution is -3.40. The Morgan fingerprint density at radius 1 is 0.615 bits per heavy atom.